The van der Waals surface area contributed by atoms with E-state index in [1.807, 2.05) is 11.6 Å². The van der Waals surface area contributed by atoms with Crippen molar-refractivity contribution < 1.29 is 9.47 Å². The van der Waals surface area contributed by atoms with E-state index in [0.717, 1.165) is 37.0 Å². The number of nitrogens with zero attached hydrogens (tertiary/aromatic N) is 2. The molecular formula is C17H22N2O2S. The number of hydrogen-bond donors (Lipinski definition) is 0. The Morgan fingerprint density at radius 3 is 3.14 bits per heavy atom. The zero-order valence-electron chi connectivity index (χ0n) is 13.1. The summed E-state index contributed by atoms with van der Waals surface area (Å²) in [5, 5.41) is 3.07. The SMILES string of the molecule is Cc1ccc(C)c(OCCN2CCOC(c3nccs3)C2)c1. The van der Waals surface area contributed by atoms with E-state index in [0.29, 0.717) is 6.61 Å². The van der Waals surface area contributed by atoms with Gasteiger partial charge in [-0.1, -0.05) is 12.1 Å². The molecule has 0 aliphatic carbocycles. The first-order chi connectivity index (χ1) is 10.7. The van der Waals surface area contributed by atoms with Crippen LogP contribution < -0.4 is 4.74 Å². The molecule has 2 heterocycles. The lowest BCUT2D eigenvalue weighted by Crippen LogP contribution is -2.40. The maximum atomic E-state index is 5.95. The summed E-state index contributed by atoms with van der Waals surface area (Å²) in [6, 6.07) is 6.33. The van der Waals surface area contributed by atoms with Crippen molar-refractivity contribution in [3.05, 3.63) is 45.9 Å². The maximum Gasteiger partial charge on any atom is 0.123 e. The van der Waals surface area contributed by atoms with E-state index in [1.165, 1.54) is 11.1 Å². The fraction of sp³-hybridized carbons (Fsp3) is 0.471. The molecule has 0 amide bonds. The topological polar surface area (TPSA) is 34.6 Å². The van der Waals surface area contributed by atoms with Gasteiger partial charge >= 0.3 is 0 Å². The van der Waals surface area contributed by atoms with E-state index in [2.05, 4.69) is 41.9 Å². The molecule has 0 N–H and O–H groups in total. The molecule has 22 heavy (non-hydrogen) atoms. The predicted octanol–water partition coefficient (Wildman–Crippen LogP) is 3.21. The minimum Gasteiger partial charge on any atom is -0.492 e. The van der Waals surface area contributed by atoms with E-state index in [-0.39, 0.29) is 6.10 Å². The van der Waals surface area contributed by atoms with Gasteiger partial charge in [-0.2, -0.15) is 0 Å². The number of aryl methyl sites for hydroxylation is 2. The zero-order chi connectivity index (χ0) is 15.4. The Hall–Kier alpha value is -1.43. The number of ether oxygens (including phenoxy) is 2. The Morgan fingerprint density at radius 1 is 1.41 bits per heavy atom. The fourth-order valence-corrected chi connectivity index (χ4v) is 3.27. The molecular weight excluding hydrogens is 296 g/mol. The number of hydrogen-bond acceptors (Lipinski definition) is 5. The van der Waals surface area contributed by atoms with E-state index in [4.69, 9.17) is 9.47 Å². The number of aromatic nitrogens is 1. The molecule has 1 aromatic carbocycles. The largest absolute Gasteiger partial charge is 0.492 e. The Morgan fingerprint density at radius 2 is 2.32 bits per heavy atom. The highest BCUT2D eigenvalue weighted by Crippen LogP contribution is 2.24. The van der Waals surface area contributed by atoms with Crippen LogP contribution in [0.1, 0.15) is 22.2 Å². The first kappa shape index (κ1) is 15.5. The molecule has 5 heteroatoms. The molecule has 4 nitrogen and oxygen atoms in total. The van der Waals surface area contributed by atoms with Gasteiger partial charge in [0.25, 0.3) is 0 Å². The molecule has 3 rings (SSSR count). The Bertz CT molecular complexity index is 601. The smallest absolute Gasteiger partial charge is 0.123 e. The average molecular weight is 318 g/mol. The third-order valence-corrected chi connectivity index (χ3v) is 4.75. The fourth-order valence-electron chi connectivity index (χ4n) is 2.60. The highest BCUT2D eigenvalue weighted by molar-refractivity contribution is 7.09. The van der Waals surface area contributed by atoms with Crippen LogP contribution in [0.2, 0.25) is 0 Å². The Kier molecular flexibility index (Phi) is 5.08. The maximum absolute atomic E-state index is 5.95. The van der Waals surface area contributed by atoms with E-state index >= 15 is 0 Å². The van der Waals surface area contributed by atoms with Gasteiger partial charge in [-0.15, -0.1) is 11.3 Å². The molecule has 1 aliphatic rings. The Labute approximate surface area is 135 Å². The molecule has 0 saturated carbocycles. The third kappa shape index (κ3) is 3.85. The first-order valence-electron chi connectivity index (χ1n) is 7.66. The minimum atomic E-state index is 0.106. The molecule has 118 valence electrons. The van der Waals surface area contributed by atoms with Gasteiger partial charge in [-0.25, -0.2) is 4.98 Å². The van der Waals surface area contributed by atoms with Crippen molar-refractivity contribution in [3.63, 3.8) is 0 Å². The van der Waals surface area contributed by atoms with Crippen LogP contribution in [0.3, 0.4) is 0 Å². The molecule has 1 saturated heterocycles. The monoisotopic (exact) mass is 318 g/mol. The van der Waals surface area contributed by atoms with Crippen molar-refractivity contribution in [3.8, 4) is 5.75 Å². The zero-order valence-corrected chi connectivity index (χ0v) is 13.9. The normalized spacial score (nSPS) is 19.3. The van der Waals surface area contributed by atoms with Crippen molar-refractivity contribution >= 4 is 11.3 Å². The van der Waals surface area contributed by atoms with Gasteiger partial charge in [-0.05, 0) is 31.0 Å². The van der Waals surface area contributed by atoms with Crippen LogP contribution in [-0.4, -0.2) is 42.7 Å². The van der Waals surface area contributed by atoms with Crippen LogP contribution in [0.25, 0.3) is 0 Å². The van der Waals surface area contributed by atoms with Crippen molar-refractivity contribution in [2.75, 3.05) is 32.8 Å². The molecule has 0 spiro atoms. The van der Waals surface area contributed by atoms with Crippen LogP contribution in [0, 0.1) is 13.8 Å². The third-order valence-electron chi connectivity index (χ3n) is 3.89. The van der Waals surface area contributed by atoms with Gasteiger partial charge in [0.15, 0.2) is 0 Å². The summed E-state index contributed by atoms with van der Waals surface area (Å²) in [5.41, 5.74) is 2.42. The number of morpholine rings is 1. The molecule has 0 bridgehead atoms. The summed E-state index contributed by atoms with van der Waals surface area (Å²) in [5.74, 6) is 0.990. The number of benzene rings is 1. The van der Waals surface area contributed by atoms with Crippen molar-refractivity contribution in [1.82, 2.24) is 9.88 Å². The molecule has 0 radical (unpaired) electrons. The van der Waals surface area contributed by atoms with E-state index in [9.17, 15) is 0 Å². The molecule has 1 aliphatic heterocycles. The average Bonchev–Trinajstić information content (AvgIpc) is 3.05. The summed E-state index contributed by atoms with van der Waals surface area (Å²) in [4.78, 5) is 6.75. The van der Waals surface area contributed by atoms with E-state index < -0.39 is 0 Å². The minimum absolute atomic E-state index is 0.106. The summed E-state index contributed by atoms with van der Waals surface area (Å²) >= 11 is 1.66. The molecule has 1 aromatic heterocycles. The molecule has 1 fully saturated rings. The van der Waals surface area contributed by atoms with Gasteiger partial charge < -0.3 is 9.47 Å². The highest BCUT2D eigenvalue weighted by atomic mass is 32.1. The lowest BCUT2D eigenvalue weighted by atomic mass is 10.1. The van der Waals surface area contributed by atoms with Crippen molar-refractivity contribution in [2.24, 2.45) is 0 Å². The van der Waals surface area contributed by atoms with Crippen molar-refractivity contribution in [2.45, 2.75) is 20.0 Å². The van der Waals surface area contributed by atoms with Gasteiger partial charge in [-0.3, -0.25) is 4.90 Å². The lowest BCUT2D eigenvalue weighted by Gasteiger charge is -2.31. The van der Waals surface area contributed by atoms with Crippen molar-refractivity contribution in [1.29, 1.82) is 0 Å². The van der Waals surface area contributed by atoms with Crippen LogP contribution in [0.15, 0.2) is 29.8 Å². The van der Waals surface area contributed by atoms with Crippen LogP contribution in [0.5, 0.6) is 5.75 Å². The summed E-state index contributed by atoms with van der Waals surface area (Å²) < 4.78 is 11.8. The van der Waals surface area contributed by atoms with E-state index in [1.54, 1.807) is 11.3 Å². The highest BCUT2D eigenvalue weighted by Gasteiger charge is 2.23. The van der Waals surface area contributed by atoms with Crippen LogP contribution >= 0.6 is 11.3 Å². The second kappa shape index (κ2) is 7.22. The summed E-state index contributed by atoms with van der Waals surface area (Å²) in [6.45, 7) is 8.40. The number of thiazole rings is 1. The second-order valence-corrected chi connectivity index (χ2v) is 6.57. The van der Waals surface area contributed by atoms with Gasteiger partial charge in [0.2, 0.25) is 0 Å². The quantitative estimate of drug-likeness (QED) is 0.848. The first-order valence-corrected chi connectivity index (χ1v) is 8.54. The standard InChI is InChI=1S/C17H22N2O2S/c1-13-3-4-14(2)15(11-13)20-8-6-19-7-9-21-16(12-19)17-18-5-10-22-17/h3-5,10-11,16H,6-9,12H2,1-2H3. The number of rotatable bonds is 5. The molecule has 1 atom stereocenters. The van der Waals surface area contributed by atoms with Gasteiger partial charge in [0.05, 0.1) is 6.61 Å². The predicted molar refractivity (Wildman–Crippen MR) is 88.7 cm³/mol. The summed E-state index contributed by atoms with van der Waals surface area (Å²) in [7, 11) is 0. The summed E-state index contributed by atoms with van der Waals surface area (Å²) in [6.07, 6.45) is 1.95. The lowest BCUT2D eigenvalue weighted by molar-refractivity contribution is -0.0330. The van der Waals surface area contributed by atoms with Crippen LogP contribution in [-0.2, 0) is 4.74 Å². The molecule has 2 aromatic rings. The van der Waals surface area contributed by atoms with Crippen LogP contribution in [0.4, 0.5) is 0 Å². The molecule has 1 unspecified atom stereocenters. The van der Waals surface area contributed by atoms with Gasteiger partial charge in [0, 0.05) is 31.2 Å². The Balaban J connectivity index is 1.50. The second-order valence-electron chi connectivity index (χ2n) is 5.65. The van der Waals surface area contributed by atoms with Gasteiger partial charge in [0.1, 0.15) is 23.5 Å².